The third kappa shape index (κ3) is 5.67. The largest absolute Gasteiger partial charge is 0.364 e. The van der Waals surface area contributed by atoms with E-state index in [-0.39, 0.29) is 11.9 Å². The van der Waals surface area contributed by atoms with Crippen LogP contribution in [0.25, 0.3) is 0 Å². The molecule has 0 saturated heterocycles. The Bertz CT molecular complexity index is 241. The van der Waals surface area contributed by atoms with Crippen LogP contribution in [0.3, 0.4) is 0 Å². The van der Waals surface area contributed by atoms with Gasteiger partial charge in [-0.2, -0.15) is 0 Å². The number of thioether (sulfide) groups is 1. The maximum atomic E-state index is 11.3. The average molecular weight is 229 g/mol. The molecule has 5 heteroatoms. The van der Waals surface area contributed by atoms with E-state index in [9.17, 15) is 4.79 Å². The average Bonchev–Trinajstić information content (AvgIpc) is 2.18. The minimum absolute atomic E-state index is 0.0962. The Morgan fingerprint density at radius 2 is 2.40 bits per heavy atom. The van der Waals surface area contributed by atoms with Crippen LogP contribution in [0.5, 0.6) is 0 Å². The molecule has 1 aliphatic heterocycles. The van der Waals surface area contributed by atoms with Crippen molar-refractivity contribution in [2.45, 2.75) is 32.7 Å². The van der Waals surface area contributed by atoms with Gasteiger partial charge in [-0.05, 0) is 20.3 Å². The van der Waals surface area contributed by atoms with E-state index in [1.807, 2.05) is 13.8 Å². The van der Waals surface area contributed by atoms with Crippen molar-refractivity contribution >= 4 is 22.8 Å². The van der Waals surface area contributed by atoms with Gasteiger partial charge in [0, 0.05) is 31.3 Å². The summed E-state index contributed by atoms with van der Waals surface area (Å²) in [6.45, 7) is 5.51. The van der Waals surface area contributed by atoms with Crippen LogP contribution in [0, 0.1) is 0 Å². The van der Waals surface area contributed by atoms with Crippen molar-refractivity contribution in [3.63, 3.8) is 0 Å². The third-order valence-electron chi connectivity index (χ3n) is 1.87. The van der Waals surface area contributed by atoms with E-state index >= 15 is 0 Å². The number of nitrogens with zero attached hydrogens (tertiary/aromatic N) is 1. The van der Waals surface area contributed by atoms with E-state index in [0.717, 1.165) is 23.9 Å². The maximum absolute atomic E-state index is 11.3. The summed E-state index contributed by atoms with van der Waals surface area (Å²) >= 11 is 1.74. The van der Waals surface area contributed by atoms with Crippen LogP contribution in [0.4, 0.5) is 0 Å². The van der Waals surface area contributed by atoms with Crippen molar-refractivity contribution in [2.75, 3.05) is 18.8 Å². The summed E-state index contributed by atoms with van der Waals surface area (Å²) in [5.41, 5.74) is 0. The van der Waals surface area contributed by atoms with Gasteiger partial charge in [0.15, 0.2) is 5.17 Å². The molecule has 1 heterocycles. The molecular formula is C10H19N3OS. The van der Waals surface area contributed by atoms with Gasteiger partial charge in [-0.1, -0.05) is 11.8 Å². The van der Waals surface area contributed by atoms with Crippen LogP contribution in [-0.4, -0.2) is 36.0 Å². The number of hydrogen-bond donors (Lipinski definition) is 2. The molecular weight excluding hydrogens is 210 g/mol. The number of carbonyl (C=O) groups excluding carboxylic acids is 1. The lowest BCUT2D eigenvalue weighted by molar-refractivity contribution is -0.121. The van der Waals surface area contributed by atoms with Crippen molar-refractivity contribution < 1.29 is 4.79 Å². The first-order valence-electron chi connectivity index (χ1n) is 5.39. The molecule has 0 aromatic heterocycles. The molecule has 0 atom stereocenters. The van der Waals surface area contributed by atoms with Gasteiger partial charge >= 0.3 is 0 Å². The second-order valence-electron chi connectivity index (χ2n) is 3.79. The second kappa shape index (κ2) is 6.71. The Labute approximate surface area is 95.3 Å². The zero-order valence-electron chi connectivity index (χ0n) is 9.38. The van der Waals surface area contributed by atoms with Gasteiger partial charge in [-0.3, -0.25) is 9.79 Å². The van der Waals surface area contributed by atoms with E-state index in [1.54, 1.807) is 11.8 Å². The Hall–Kier alpha value is -0.710. The summed E-state index contributed by atoms with van der Waals surface area (Å²) in [7, 11) is 0. The van der Waals surface area contributed by atoms with Gasteiger partial charge in [-0.15, -0.1) is 0 Å². The van der Waals surface area contributed by atoms with Crippen molar-refractivity contribution in [3.8, 4) is 0 Å². The van der Waals surface area contributed by atoms with E-state index < -0.39 is 0 Å². The predicted octanol–water partition coefficient (Wildman–Crippen LogP) is 0.984. The molecule has 1 aliphatic rings. The number of amidine groups is 1. The quantitative estimate of drug-likeness (QED) is 0.755. The number of nitrogens with one attached hydrogen (secondary N) is 2. The van der Waals surface area contributed by atoms with Gasteiger partial charge in [0.05, 0.1) is 0 Å². The standard InChI is InChI=1S/C10H19N3OS/c1-8(2)13-9(14)4-6-12-10-11-5-3-7-15-10/h8H,3-7H2,1-2H3,(H,11,12)(H,13,14). The number of amides is 1. The molecule has 86 valence electrons. The van der Waals surface area contributed by atoms with E-state index in [2.05, 4.69) is 15.6 Å². The van der Waals surface area contributed by atoms with Crippen molar-refractivity contribution in [3.05, 3.63) is 0 Å². The van der Waals surface area contributed by atoms with Gasteiger partial charge in [-0.25, -0.2) is 0 Å². The topological polar surface area (TPSA) is 53.5 Å². The summed E-state index contributed by atoms with van der Waals surface area (Å²) in [5, 5.41) is 7.02. The zero-order valence-corrected chi connectivity index (χ0v) is 10.2. The third-order valence-corrected chi connectivity index (χ3v) is 2.91. The smallest absolute Gasteiger partial charge is 0.221 e. The Balaban J connectivity index is 2.10. The molecule has 4 nitrogen and oxygen atoms in total. The highest BCUT2D eigenvalue weighted by atomic mass is 32.2. The fourth-order valence-electron chi connectivity index (χ4n) is 1.24. The summed E-state index contributed by atoms with van der Waals surface area (Å²) in [4.78, 5) is 15.6. The molecule has 1 amide bonds. The minimum atomic E-state index is 0.0962. The summed E-state index contributed by atoms with van der Waals surface area (Å²) in [6.07, 6.45) is 1.67. The van der Waals surface area contributed by atoms with Crippen molar-refractivity contribution in [1.29, 1.82) is 0 Å². The van der Waals surface area contributed by atoms with Gasteiger partial charge in [0.1, 0.15) is 0 Å². The Kier molecular flexibility index (Phi) is 5.53. The lowest BCUT2D eigenvalue weighted by atomic mass is 10.3. The van der Waals surface area contributed by atoms with Crippen LogP contribution < -0.4 is 10.6 Å². The Morgan fingerprint density at radius 1 is 1.60 bits per heavy atom. The monoisotopic (exact) mass is 229 g/mol. The maximum Gasteiger partial charge on any atom is 0.221 e. The van der Waals surface area contributed by atoms with E-state index in [4.69, 9.17) is 0 Å². The number of rotatable bonds is 4. The van der Waals surface area contributed by atoms with Crippen LogP contribution in [0.15, 0.2) is 4.99 Å². The van der Waals surface area contributed by atoms with E-state index in [0.29, 0.717) is 13.0 Å². The first-order chi connectivity index (χ1) is 7.18. The van der Waals surface area contributed by atoms with Crippen LogP contribution >= 0.6 is 11.8 Å². The van der Waals surface area contributed by atoms with Crippen molar-refractivity contribution in [2.24, 2.45) is 4.99 Å². The molecule has 1 rings (SSSR count). The highest BCUT2D eigenvalue weighted by Crippen LogP contribution is 2.09. The summed E-state index contributed by atoms with van der Waals surface area (Å²) < 4.78 is 0. The van der Waals surface area contributed by atoms with E-state index in [1.165, 1.54) is 0 Å². The first-order valence-corrected chi connectivity index (χ1v) is 6.37. The fourth-order valence-corrected chi connectivity index (χ4v) is 2.10. The molecule has 0 aromatic carbocycles. The zero-order chi connectivity index (χ0) is 11.1. The molecule has 0 aromatic rings. The molecule has 0 radical (unpaired) electrons. The minimum Gasteiger partial charge on any atom is -0.364 e. The molecule has 0 saturated carbocycles. The van der Waals surface area contributed by atoms with Crippen LogP contribution in [0.1, 0.15) is 26.7 Å². The van der Waals surface area contributed by atoms with Crippen LogP contribution in [0.2, 0.25) is 0 Å². The number of carbonyl (C=O) groups is 1. The van der Waals surface area contributed by atoms with Crippen LogP contribution in [-0.2, 0) is 4.79 Å². The number of hydrogen-bond acceptors (Lipinski definition) is 4. The van der Waals surface area contributed by atoms with Gasteiger partial charge in [0.2, 0.25) is 5.91 Å². The number of aliphatic imine (C=N–C) groups is 1. The summed E-state index contributed by atoms with van der Waals surface area (Å²) in [5.74, 6) is 1.23. The lowest BCUT2D eigenvalue weighted by Gasteiger charge is -2.13. The van der Waals surface area contributed by atoms with Crippen molar-refractivity contribution in [1.82, 2.24) is 10.6 Å². The Morgan fingerprint density at radius 3 is 3.00 bits per heavy atom. The lowest BCUT2D eigenvalue weighted by Crippen LogP contribution is -2.34. The highest BCUT2D eigenvalue weighted by molar-refractivity contribution is 8.13. The SMILES string of the molecule is CC(C)NC(=O)CCNC1=NCCCS1. The molecule has 0 aliphatic carbocycles. The van der Waals surface area contributed by atoms with Gasteiger partial charge < -0.3 is 10.6 Å². The molecule has 0 bridgehead atoms. The normalized spacial score (nSPS) is 16.1. The molecule has 0 spiro atoms. The first kappa shape index (κ1) is 12.4. The molecule has 0 fully saturated rings. The van der Waals surface area contributed by atoms with Gasteiger partial charge in [0.25, 0.3) is 0 Å². The molecule has 0 unspecified atom stereocenters. The highest BCUT2D eigenvalue weighted by Gasteiger charge is 2.06. The molecule has 2 N–H and O–H groups in total. The second-order valence-corrected chi connectivity index (χ2v) is 4.87. The summed E-state index contributed by atoms with van der Waals surface area (Å²) in [6, 6.07) is 0.221. The molecule has 15 heavy (non-hydrogen) atoms. The predicted molar refractivity (Wildman–Crippen MR) is 65.3 cm³/mol. The fraction of sp³-hybridized carbons (Fsp3) is 0.800.